The first-order valence-electron chi connectivity index (χ1n) is 8.02. The fraction of sp³-hybridized carbons (Fsp3) is 0.316. The highest BCUT2D eigenvalue weighted by Gasteiger charge is 2.24. The minimum absolute atomic E-state index is 0.126. The molecule has 1 aliphatic heterocycles. The van der Waals surface area contributed by atoms with Crippen LogP contribution in [-0.4, -0.2) is 40.6 Å². The monoisotopic (exact) mass is 359 g/mol. The Labute approximate surface area is 148 Å². The van der Waals surface area contributed by atoms with Crippen LogP contribution in [0.5, 0.6) is 11.5 Å². The van der Waals surface area contributed by atoms with E-state index in [2.05, 4.69) is 4.99 Å². The second kappa shape index (κ2) is 6.88. The summed E-state index contributed by atoms with van der Waals surface area (Å²) in [4.78, 5) is 4.78. The molecule has 1 heterocycles. The number of nitrogens with zero attached hydrogens (tertiary/aromatic N) is 1. The highest BCUT2D eigenvalue weighted by Crippen LogP contribution is 2.33. The zero-order chi connectivity index (χ0) is 18.0. The number of hydrogen-bond acceptors (Lipinski definition) is 5. The van der Waals surface area contributed by atoms with E-state index in [1.54, 1.807) is 38.5 Å². The molecule has 0 N–H and O–H groups in total. The van der Waals surface area contributed by atoms with E-state index in [0.717, 1.165) is 23.1 Å². The van der Waals surface area contributed by atoms with Crippen molar-refractivity contribution < 1.29 is 17.9 Å². The molecule has 0 atom stereocenters. The van der Waals surface area contributed by atoms with E-state index in [1.807, 2.05) is 19.1 Å². The van der Waals surface area contributed by atoms with E-state index in [-0.39, 0.29) is 5.75 Å². The molecule has 0 bridgehead atoms. The normalized spacial score (nSPS) is 13.8. The molecule has 0 saturated carbocycles. The van der Waals surface area contributed by atoms with Gasteiger partial charge in [0.2, 0.25) is 0 Å². The fourth-order valence-electron chi connectivity index (χ4n) is 2.93. The molecule has 0 radical (unpaired) electrons. The summed E-state index contributed by atoms with van der Waals surface area (Å²) in [5.74, 6) is 1.09. The Balaban J connectivity index is 1.97. The third-order valence-electron chi connectivity index (χ3n) is 4.31. The molecule has 0 unspecified atom stereocenters. The first-order chi connectivity index (χ1) is 11.9. The SMILES string of the molecule is COc1cc2c(cc1OC)C(CS(=O)(=O)c1ccc(C)cc1)=NCC2. The maximum absolute atomic E-state index is 12.8. The molecule has 25 heavy (non-hydrogen) atoms. The molecule has 0 amide bonds. The van der Waals surface area contributed by atoms with Gasteiger partial charge in [0.25, 0.3) is 0 Å². The minimum atomic E-state index is -3.46. The van der Waals surface area contributed by atoms with Gasteiger partial charge >= 0.3 is 0 Å². The standard InChI is InChI=1S/C19H21NO4S/c1-13-4-6-15(7-5-13)25(21,22)12-17-16-11-19(24-3)18(23-2)10-14(16)8-9-20-17/h4-7,10-11H,8-9,12H2,1-3H3. The number of rotatable bonds is 5. The fourth-order valence-corrected chi connectivity index (χ4v) is 4.25. The third-order valence-corrected chi connectivity index (χ3v) is 5.95. The van der Waals surface area contributed by atoms with E-state index in [4.69, 9.17) is 9.47 Å². The largest absolute Gasteiger partial charge is 0.493 e. The average Bonchev–Trinajstić information content (AvgIpc) is 2.61. The van der Waals surface area contributed by atoms with E-state index < -0.39 is 9.84 Å². The van der Waals surface area contributed by atoms with Crippen LogP contribution in [0.15, 0.2) is 46.3 Å². The van der Waals surface area contributed by atoms with Crippen molar-refractivity contribution in [2.24, 2.45) is 4.99 Å². The van der Waals surface area contributed by atoms with Crippen molar-refractivity contribution in [2.45, 2.75) is 18.2 Å². The molecular formula is C19H21NO4S. The van der Waals surface area contributed by atoms with Crippen LogP contribution >= 0.6 is 0 Å². The van der Waals surface area contributed by atoms with E-state index in [0.29, 0.717) is 28.7 Å². The van der Waals surface area contributed by atoms with Crippen LogP contribution in [0.25, 0.3) is 0 Å². The van der Waals surface area contributed by atoms with Crippen LogP contribution < -0.4 is 9.47 Å². The summed E-state index contributed by atoms with van der Waals surface area (Å²) in [6.07, 6.45) is 0.754. The van der Waals surface area contributed by atoms with Crippen molar-refractivity contribution in [3.8, 4) is 11.5 Å². The molecule has 5 nitrogen and oxygen atoms in total. The Bertz CT molecular complexity index is 915. The number of methoxy groups -OCH3 is 2. The topological polar surface area (TPSA) is 65.0 Å². The second-order valence-electron chi connectivity index (χ2n) is 6.01. The van der Waals surface area contributed by atoms with Gasteiger partial charge in [-0.3, -0.25) is 4.99 Å². The molecule has 3 rings (SSSR count). The van der Waals surface area contributed by atoms with Gasteiger partial charge in [0.15, 0.2) is 21.3 Å². The van der Waals surface area contributed by atoms with Crippen molar-refractivity contribution in [3.05, 3.63) is 53.1 Å². The van der Waals surface area contributed by atoms with Crippen LogP contribution in [0.1, 0.15) is 16.7 Å². The van der Waals surface area contributed by atoms with Crippen molar-refractivity contribution in [1.29, 1.82) is 0 Å². The number of hydrogen-bond donors (Lipinski definition) is 0. The summed E-state index contributed by atoms with van der Waals surface area (Å²) in [6, 6.07) is 10.6. The maximum Gasteiger partial charge on any atom is 0.184 e. The van der Waals surface area contributed by atoms with Gasteiger partial charge in [-0.1, -0.05) is 17.7 Å². The number of benzene rings is 2. The predicted molar refractivity (Wildman–Crippen MR) is 97.9 cm³/mol. The summed E-state index contributed by atoms with van der Waals surface area (Å²) in [7, 11) is -0.308. The Kier molecular flexibility index (Phi) is 4.81. The number of aryl methyl sites for hydroxylation is 1. The molecule has 132 valence electrons. The average molecular weight is 359 g/mol. The molecule has 6 heteroatoms. The molecular weight excluding hydrogens is 338 g/mol. The molecule has 0 spiro atoms. The van der Waals surface area contributed by atoms with E-state index in [9.17, 15) is 8.42 Å². The van der Waals surface area contributed by atoms with Crippen molar-refractivity contribution in [1.82, 2.24) is 0 Å². The molecule has 2 aromatic carbocycles. The number of aliphatic imine (C=N–C) groups is 1. The molecule has 1 aliphatic rings. The zero-order valence-electron chi connectivity index (χ0n) is 14.6. The van der Waals surface area contributed by atoms with Gasteiger partial charge in [0.1, 0.15) is 0 Å². The maximum atomic E-state index is 12.8. The minimum Gasteiger partial charge on any atom is -0.493 e. The smallest absolute Gasteiger partial charge is 0.184 e. The zero-order valence-corrected chi connectivity index (χ0v) is 15.4. The molecule has 2 aromatic rings. The lowest BCUT2D eigenvalue weighted by atomic mass is 9.97. The van der Waals surface area contributed by atoms with E-state index >= 15 is 0 Å². The summed E-state index contributed by atoms with van der Waals surface area (Å²) in [5, 5.41) is 0. The van der Waals surface area contributed by atoms with Crippen molar-refractivity contribution in [2.75, 3.05) is 26.5 Å². The molecule has 0 fully saturated rings. The highest BCUT2D eigenvalue weighted by molar-refractivity contribution is 7.92. The number of ether oxygens (including phenoxy) is 2. The highest BCUT2D eigenvalue weighted by atomic mass is 32.2. The first kappa shape index (κ1) is 17.5. The van der Waals surface area contributed by atoms with Gasteiger partial charge in [-0.15, -0.1) is 0 Å². The van der Waals surface area contributed by atoms with Gasteiger partial charge in [-0.25, -0.2) is 8.42 Å². The van der Waals surface area contributed by atoms with Crippen LogP contribution in [0, 0.1) is 6.92 Å². The second-order valence-corrected chi connectivity index (χ2v) is 8.00. The van der Waals surface area contributed by atoms with Gasteiger partial charge in [0, 0.05) is 12.1 Å². The van der Waals surface area contributed by atoms with Gasteiger partial charge in [-0.2, -0.15) is 0 Å². The van der Waals surface area contributed by atoms with Crippen LogP contribution in [-0.2, 0) is 16.3 Å². The quantitative estimate of drug-likeness (QED) is 0.823. The Morgan fingerprint density at radius 3 is 2.32 bits per heavy atom. The number of fused-ring (bicyclic) bond motifs is 1. The number of sulfone groups is 1. The van der Waals surface area contributed by atoms with Gasteiger partial charge in [0.05, 0.1) is 30.6 Å². The Morgan fingerprint density at radius 1 is 1.04 bits per heavy atom. The lowest BCUT2D eigenvalue weighted by Gasteiger charge is -2.20. The van der Waals surface area contributed by atoms with E-state index in [1.165, 1.54) is 0 Å². The molecule has 0 saturated heterocycles. The van der Waals surface area contributed by atoms with Gasteiger partial charge < -0.3 is 9.47 Å². The van der Waals surface area contributed by atoms with Crippen LogP contribution in [0.2, 0.25) is 0 Å². The van der Waals surface area contributed by atoms with Crippen molar-refractivity contribution in [3.63, 3.8) is 0 Å². The summed E-state index contributed by atoms with van der Waals surface area (Å²) >= 11 is 0. The van der Waals surface area contributed by atoms with Crippen LogP contribution in [0.4, 0.5) is 0 Å². The van der Waals surface area contributed by atoms with Crippen molar-refractivity contribution >= 4 is 15.5 Å². The van der Waals surface area contributed by atoms with Gasteiger partial charge in [-0.05, 0) is 43.2 Å². The molecule has 0 aliphatic carbocycles. The Morgan fingerprint density at radius 2 is 1.68 bits per heavy atom. The lowest BCUT2D eigenvalue weighted by Crippen LogP contribution is -2.22. The lowest BCUT2D eigenvalue weighted by molar-refractivity contribution is 0.354. The summed E-state index contributed by atoms with van der Waals surface area (Å²) in [5.41, 5.74) is 3.44. The predicted octanol–water partition coefficient (Wildman–Crippen LogP) is 2.83. The summed E-state index contributed by atoms with van der Waals surface area (Å²) in [6.45, 7) is 2.50. The third kappa shape index (κ3) is 3.54. The first-order valence-corrected chi connectivity index (χ1v) is 9.68. The Hall–Kier alpha value is -2.34. The summed E-state index contributed by atoms with van der Waals surface area (Å²) < 4.78 is 36.2. The molecule has 0 aromatic heterocycles. The van der Waals surface area contributed by atoms with Crippen LogP contribution in [0.3, 0.4) is 0 Å².